The molecule has 0 radical (unpaired) electrons. The summed E-state index contributed by atoms with van der Waals surface area (Å²) in [6.45, 7) is 2.41. The maximum atomic E-state index is 8.36. The van der Waals surface area contributed by atoms with E-state index in [4.69, 9.17) is 16.7 Å². The molecule has 0 aliphatic heterocycles. The molecule has 1 aliphatic rings. The Bertz CT molecular complexity index is 299. The summed E-state index contributed by atoms with van der Waals surface area (Å²) in [5.74, 6) is 2.55. The molecule has 0 unspecified atom stereocenters. The van der Waals surface area contributed by atoms with Crippen molar-refractivity contribution in [2.24, 2.45) is 5.11 Å². The Morgan fingerprint density at radius 3 is 2.78 bits per heavy atom. The number of hydrogen-bond acceptors (Lipinski definition) is 3. The molecule has 0 aromatic rings. The monoisotopic (exact) mass is 250 g/mol. The van der Waals surface area contributed by atoms with Crippen molar-refractivity contribution < 1.29 is 4.74 Å². The van der Waals surface area contributed by atoms with Gasteiger partial charge in [0.1, 0.15) is 0 Å². The molecule has 1 saturated carbocycles. The Morgan fingerprint density at radius 2 is 2.11 bits per heavy atom. The minimum absolute atomic E-state index is 0.208. The van der Waals surface area contributed by atoms with Crippen LogP contribution in [0.15, 0.2) is 5.11 Å². The van der Waals surface area contributed by atoms with E-state index in [1.165, 1.54) is 0 Å². The van der Waals surface area contributed by atoms with Crippen LogP contribution in [0.4, 0.5) is 0 Å². The minimum Gasteiger partial charge on any atom is -0.380 e. The molecule has 0 amide bonds. The van der Waals surface area contributed by atoms with Crippen LogP contribution in [0.5, 0.6) is 0 Å². The average Bonchev–Trinajstić information content (AvgIpc) is 2.40. The summed E-state index contributed by atoms with van der Waals surface area (Å²) in [6, 6.07) is 0.779. The molecule has 0 atom stereocenters. The lowest BCUT2D eigenvalue weighted by Gasteiger charge is -2.26. The van der Waals surface area contributed by atoms with Crippen LogP contribution < -0.4 is 5.32 Å². The van der Waals surface area contributed by atoms with Gasteiger partial charge in [-0.2, -0.15) is 0 Å². The first-order chi connectivity index (χ1) is 8.86. The summed E-state index contributed by atoms with van der Waals surface area (Å²) in [5, 5.41) is 7.29. The largest absolute Gasteiger partial charge is 0.380 e. The smallest absolute Gasteiger partial charge is 0.0575 e. The number of hydrogen-bond donors (Lipinski definition) is 1. The van der Waals surface area contributed by atoms with Crippen molar-refractivity contribution in [1.82, 2.24) is 5.32 Å². The van der Waals surface area contributed by atoms with Gasteiger partial charge in [-0.25, -0.2) is 0 Å². The quantitative estimate of drug-likeness (QED) is 0.236. The van der Waals surface area contributed by atoms with Gasteiger partial charge in [0.2, 0.25) is 0 Å². The highest BCUT2D eigenvalue weighted by Gasteiger charge is 2.19. The second-order valence-corrected chi connectivity index (χ2v) is 4.58. The SMILES string of the molecule is C#CCCOCCCNC1CCC(N=[N+]=[N-])CC1. The molecule has 0 bridgehead atoms. The Morgan fingerprint density at radius 1 is 1.33 bits per heavy atom. The van der Waals surface area contributed by atoms with Crippen molar-refractivity contribution in [3.05, 3.63) is 10.4 Å². The maximum Gasteiger partial charge on any atom is 0.0575 e. The van der Waals surface area contributed by atoms with Crippen LogP contribution >= 0.6 is 0 Å². The summed E-state index contributed by atoms with van der Waals surface area (Å²) in [6.07, 6.45) is 11.0. The summed E-state index contributed by atoms with van der Waals surface area (Å²) < 4.78 is 5.37. The van der Waals surface area contributed by atoms with Gasteiger partial charge in [0.25, 0.3) is 0 Å². The molecule has 1 fully saturated rings. The lowest BCUT2D eigenvalue weighted by atomic mass is 9.92. The normalized spacial score (nSPS) is 23.1. The van der Waals surface area contributed by atoms with Gasteiger partial charge in [-0.1, -0.05) is 5.11 Å². The van der Waals surface area contributed by atoms with Gasteiger partial charge in [-0.05, 0) is 44.2 Å². The first-order valence-corrected chi connectivity index (χ1v) is 6.65. The zero-order chi connectivity index (χ0) is 13.1. The highest BCUT2D eigenvalue weighted by atomic mass is 16.5. The first kappa shape index (κ1) is 14.8. The second-order valence-electron chi connectivity index (χ2n) is 4.58. The van der Waals surface area contributed by atoms with Gasteiger partial charge in [0.15, 0.2) is 0 Å². The van der Waals surface area contributed by atoms with Crippen LogP contribution in [0.25, 0.3) is 10.4 Å². The van der Waals surface area contributed by atoms with Crippen LogP contribution in [0, 0.1) is 12.3 Å². The van der Waals surface area contributed by atoms with E-state index in [9.17, 15) is 0 Å². The number of nitrogens with zero attached hydrogens (tertiary/aromatic N) is 3. The molecule has 0 saturated heterocycles. The molecule has 1 aliphatic carbocycles. The summed E-state index contributed by atoms with van der Waals surface area (Å²) in [4.78, 5) is 2.87. The van der Waals surface area contributed by atoms with Gasteiger partial charge in [0, 0.05) is 30.0 Å². The predicted molar refractivity (Wildman–Crippen MR) is 72.1 cm³/mol. The van der Waals surface area contributed by atoms with Gasteiger partial charge < -0.3 is 10.1 Å². The topological polar surface area (TPSA) is 70.0 Å². The standard InChI is InChI=1S/C13H22N4O/c1-2-3-10-18-11-4-9-15-12-5-7-13(8-6-12)16-17-14/h1,12-13,15H,3-11H2. The van der Waals surface area contributed by atoms with E-state index in [2.05, 4.69) is 21.3 Å². The fourth-order valence-electron chi connectivity index (χ4n) is 2.18. The van der Waals surface area contributed by atoms with Crippen LogP contribution in [0.1, 0.15) is 38.5 Å². The van der Waals surface area contributed by atoms with E-state index >= 15 is 0 Å². The van der Waals surface area contributed by atoms with E-state index in [1.807, 2.05) is 0 Å². The minimum atomic E-state index is 0.208. The number of azide groups is 1. The van der Waals surface area contributed by atoms with Crippen LogP contribution in [0.3, 0.4) is 0 Å². The van der Waals surface area contributed by atoms with Gasteiger partial charge >= 0.3 is 0 Å². The highest BCUT2D eigenvalue weighted by Crippen LogP contribution is 2.21. The highest BCUT2D eigenvalue weighted by molar-refractivity contribution is 4.83. The molecular weight excluding hydrogens is 228 g/mol. The fraction of sp³-hybridized carbons (Fsp3) is 0.846. The molecular formula is C13H22N4O. The Hall–Kier alpha value is -1.21. The van der Waals surface area contributed by atoms with E-state index in [0.717, 1.165) is 45.3 Å². The summed E-state index contributed by atoms with van der Waals surface area (Å²) in [5.41, 5.74) is 8.36. The zero-order valence-electron chi connectivity index (χ0n) is 10.8. The summed E-state index contributed by atoms with van der Waals surface area (Å²) in [7, 11) is 0. The van der Waals surface area contributed by atoms with Gasteiger partial charge in [-0.3, -0.25) is 0 Å². The van der Waals surface area contributed by atoms with E-state index in [0.29, 0.717) is 19.1 Å². The Balaban J connectivity index is 1.95. The van der Waals surface area contributed by atoms with Crippen molar-refractivity contribution >= 4 is 0 Å². The van der Waals surface area contributed by atoms with Crippen molar-refractivity contribution in [3.8, 4) is 12.3 Å². The van der Waals surface area contributed by atoms with Gasteiger partial charge in [-0.15, -0.1) is 12.3 Å². The third-order valence-electron chi connectivity index (χ3n) is 3.20. The molecule has 5 heteroatoms. The maximum absolute atomic E-state index is 8.36. The predicted octanol–water partition coefficient (Wildman–Crippen LogP) is 2.63. The molecule has 0 aromatic carbocycles. The molecule has 0 aromatic heterocycles. The molecule has 1 rings (SSSR count). The third kappa shape index (κ3) is 6.51. The fourth-order valence-corrected chi connectivity index (χ4v) is 2.18. The Kier molecular flexibility index (Phi) is 8.07. The number of rotatable bonds is 8. The molecule has 18 heavy (non-hydrogen) atoms. The van der Waals surface area contributed by atoms with Crippen molar-refractivity contribution in [1.29, 1.82) is 0 Å². The first-order valence-electron chi connectivity index (χ1n) is 6.65. The van der Waals surface area contributed by atoms with Crippen LogP contribution in [-0.2, 0) is 4.74 Å². The van der Waals surface area contributed by atoms with Gasteiger partial charge in [0.05, 0.1) is 6.61 Å². The van der Waals surface area contributed by atoms with Crippen molar-refractivity contribution in [3.63, 3.8) is 0 Å². The molecule has 5 nitrogen and oxygen atoms in total. The van der Waals surface area contributed by atoms with Crippen molar-refractivity contribution in [2.45, 2.75) is 50.6 Å². The number of nitrogens with one attached hydrogen (secondary N) is 1. The lowest BCUT2D eigenvalue weighted by molar-refractivity contribution is 0.136. The van der Waals surface area contributed by atoms with E-state index in [1.54, 1.807) is 0 Å². The molecule has 0 heterocycles. The lowest BCUT2D eigenvalue weighted by Crippen LogP contribution is -2.35. The number of terminal acetylenes is 1. The van der Waals surface area contributed by atoms with Crippen molar-refractivity contribution in [2.75, 3.05) is 19.8 Å². The van der Waals surface area contributed by atoms with E-state index in [-0.39, 0.29) is 6.04 Å². The Labute approximate surface area is 109 Å². The number of ether oxygens (including phenoxy) is 1. The summed E-state index contributed by atoms with van der Waals surface area (Å²) >= 11 is 0. The second kappa shape index (κ2) is 9.78. The molecule has 100 valence electrons. The average molecular weight is 250 g/mol. The third-order valence-corrected chi connectivity index (χ3v) is 3.20. The van der Waals surface area contributed by atoms with E-state index < -0.39 is 0 Å². The van der Waals surface area contributed by atoms with Crippen LogP contribution in [0.2, 0.25) is 0 Å². The molecule has 0 spiro atoms. The zero-order valence-corrected chi connectivity index (χ0v) is 10.8. The van der Waals surface area contributed by atoms with Crippen LogP contribution in [-0.4, -0.2) is 31.8 Å². The molecule has 1 N–H and O–H groups in total.